The highest BCUT2D eigenvalue weighted by atomic mass is 35.5. The molecule has 1 aromatic rings. The molecule has 0 spiro atoms. The number of carbonyl (C=O) groups excluding carboxylic acids is 1. The van der Waals surface area contributed by atoms with Crippen LogP contribution in [0.3, 0.4) is 0 Å². The lowest BCUT2D eigenvalue weighted by Gasteiger charge is -2.21. The molecule has 0 aliphatic rings. The molecule has 5 nitrogen and oxygen atoms in total. The van der Waals surface area contributed by atoms with E-state index in [0.717, 1.165) is 5.56 Å². The Morgan fingerprint density at radius 3 is 2.45 bits per heavy atom. The summed E-state index contributed by atoms with van der Waals surface area (Å²) >= 11 is 11.7. The van der Waals surface area contributed by atoms with Crippen LogP contribution in [-0.4, -0.2) is 17.5 Å². The molecule has 0 atom stereocenters. The van der Waals surface area contributed by atoms with Gasteiger partial charge in [-0.25, -0.2) is 4.79 Å². The number of amides is 2. The Morgan fingerprint density at radius 2 is 1.90 bits per heavy atom. The van der Waals surface area contributed by atoms with Gasteiger partial charge in [0.25, 0.3) is 0 Å². The molecule has 0 bridgehead atoms. The maximum Gasteiger partial charge on any atom is 0.321 e. The smallest absolute Gasteiger partial charge is 0.321 e. The van der Waals surface area contributed by atoms with Gasteiger partial charge in [0.05, 0.1) is 10.0 Å². The molecule has 0 radical (unpaired) electrons. The lowest BCUT2D eigenvalue weighted by molar-refractivity contribution is 0.236. The summed E-state index contributed by atoms with van der Waals surface area (Å²) in [5.74, 6) is -0.0853. The second-order valence-electron chi connectivity index (χ2n) is 5.31. The molecule has 0 unspecified atom stereocenters. The molecule has 4 N–H and O–H groups in total. The monoisotopic (exact) mass is 316 g/mol. The van der Waals surface area contributed by atoms with Gasteiger partial charge in [0, 0.05) is 12.1 Å². The zero-order chi connectivity index (χ0) is 15.3. The van der Waals surface area contributed by atoms with E-state index in [0.29, 0.717) is 16.6 Å². The van der Waals surface area contributed by atoms with Gasteiger partial charge in [-0.1, -0.05) is 29.3 Å². The summed E-state index contributed by atoms with van der Waals surface area (Å²) in [6.45, 7) is 5.95. The maximum absolute atomic E-state index is 11.5. The summed E-state index contributed by atoms with van der Waals surface area (Å²) in [6.07, 6.45) is 0. The van der Waals surface area contributed by atoms with Crippen LogP contribution < -0.4 is 16.0 Å². The van der Waals surface area contributed by atoms with E-state index < -0.39 is 6.03 Å². The van der Waals surface area contributed by atoms with Gasteiger partial charge in [-0.05, 0) is 38.5 Å². The topological polar surface area (TPSA) is 77.0 Å². The molecule has 1 aromatic carbocycles. The molecule has 110 valence electrons. The van der Waals surface area contributed by atoms with Crippen molar-refractivity contribution in [2.75, 3.05) is 0 Å². The second-order valence-corrected chi connectivity index (χ2v) is 6.12. The molecule has 7 heteroatoms. The van der Waals surface area contributed by atoms with Crippen LogP contribution in [0.4, 0.5) is 4.79 Å². The van der Waals surface area contributed by atoms with Gasteiger partial charge in [0.15, 0.2) is 5.96 Å². The number of rotatable bonds is 2. The van der Waals surface area contributed by atoms with Crippen molar-refractivity contribution in [3.05, 3.63) is 33.8 Å². The number of carbonyl (C=O) groups is 1. The van der Waals surface area contributed by atoms with E-state index in [9.17, 15) is 4.79 Å². The largest absolute Gasteiger partial charge is 0.352 e. The predicted molar refractivity (Wildman–Crippen MR) is 82.4 cm³/mol. The molecule has 20 heavy (non-hydrogen) atoms. The highest BCUT2D eigenvalue weighted by Crippen LogP contribution is 2.22. The van der Waals surface area contributed by atoms with Crippen LogP contribution in [-0.2, 0) is 6.54 Å². The van der Waals surface area contributed by atoms with E-state index in [-0.39, 0.29) is 11.5 Å². The van der Waals surface area contributed by atoms with Crippen molar-refractivity contribution in [3.63, 3.8) is 0 Å². The van der Waals surface area contributed by atoms with Crippen LogP contribution in [0, 0.1) is 5.41 Å². The first-order chi connectivity index (χ1) is 9.17. The summed E-state index contributed by atoms with van der Waals surface area (Å²) in [5.41, 5.74) is 0.510. The van der Waals surface area contributed by atoms with Crippen LogP contribution in [0.5, 0.6) is 0 Å². The molecule has 2 amide bonds. The van der Waals surface area contributed by atoms with Crippen molar-refractivity contribution in [3.8, 4) is 0 Å². The first-order valence-corrected chi connectivity index (χ1v) is 6.78. The Morgan fingerprint density at radius 1 is 1.25 bits per heavy atom. The highest BCUT2D eigenvalue weighted by Gasteiger charge is 2.14. The lowest BCUT2D eigenvalue weighted by atomic mass is 10.1. The average molecular weight is 317 g/mol. The fourth-order valence-corrected chi connectivity index (χ4v) is 1.69. The van der Waals surface area contributed by atoms with Crippen LogP contribution >= 0.6 is 23.2 Å². The van der Waals surface area contributed by atoms with Gasteiger partial charge < -0.3 is 10.6 Å². The van der Waals surface area contributed by atoms with Crippen LogP contribution in [0.15, 0.2) is 18.2 Å². The standard InChI is InChI=1S/C13H18Cl2N4O/c1-13(2,3)19-12(20)18-11(16)17-7-8-4-5-9(14)10(15)6-8/h4-6H,7H2,1-3H3,(H4,16,17,18,19,20). The summed E-state index contributed by atoms with van der Waals surface area (Å²) < 4.78 is 0. The lowest BCUT2D eigenvalue weighted by Crippen LogP contribution is -2.50. The Hall–Kier alpha value is -1.46. The Balaban J connectivity index is 2.43. The number of guanidine groups is 1. The van der Waals surface area contributed by atoms with E-state index in [2.05, 4.69) is 16.0 Å². The summed E-state index contributed by atoms with van der Waals surface area (Å²) in [5, 5.41) is 16.4. The molecule has 0 fully saturated rings. The van der Waals surface area contributed by atoms with E-state index in [1.54, 1.807) is 18.2 Å². The predicted octanol–water partition coefficient (Wildman–Crippen LogP) is 3.12. The van der Waals surface area contributed by atoms with Gasteiger partial charge in [-0.15, -0.1) is 0 Å². The van der Waals surface area contributed by atoms with Gasteiger partial charge in [-0.3, -0.25) is 10.7 Å². The average Bonchev–Trinajstić information content (AvgIpc) is 2.28. The maximum atomic E-state index is 11.5. The minimum atomic E-state index is -0.427. The third-order valence-corrected chi connectivity index (χ3v) is 2.92. The number of urea groups is 1. The minimum Gasteiger partial charge on any atom is -0.352 e. The fraction of sp³-hybridized carbons (Fsp3) is 0.385. The molecular formula is C13H18Cl2N4O. The molecule has 0 aliphatic heterocycles. The summed E-state index contributed by atoms with van der Waals surface area (Å²) in [7, 11) is 0. The Bertz CT molecular complexity index is 512. The SMILES string of the molecule is CC(C)(C)NC(=O)NC(=N)NCc1ccc(Cl)c(Cl)c1. The minimum absolute atomic E-state index is 0.0853. The zero-order valence-electron chi connectivity index (χ0n) is 11.6. The van der Waals surface area contributed by atoms with Crippen molar-refractivity contribution in [1.29, 1.82) is 5.41 Å². The molecule has 0 saturated heterocycles. The van der Waals surface area contributed by atoms with Gasteiger partial charge in [0.1, 0.15) is 0 Å². The van der Waals surface area contributed by atoms with E-state index in [1.807, 2.05) is 20.8 Å². The highest BCUT2D eigenvalue weighted by molar-refractivity contribution is 6.42. The molecule has 1 rings (SSSR count). The molecule has 0 aliphatic carbocycles. The van der Waals surface area contributed by atoms with Crippen molar-refractivity contribution >= 4 is 35.2 Å². The number of benzene rings is 1. The summed E-state index contributed by atoms with van der Waals surface area (Å²) in [4.78, 5) is 11.5. The van der Waals surface area contributed by atoms with Gasteiger partial charge in [-0.2, -0.15) is 0 Å². The first kappa shape index (κ1) is 16.6. The molecule has 0 heterocycles. The van der Waals surface area contributed by atoms with Gasteiger partial charge in [0.2, 0.25) is 0 Å². The van der Waals surface area contributed by atoms with E-state index in [1.165, 1.54) is 0 Å². The van der Waals surface area contributed by atoms with Gasteiger partial charge >= 0.3 is 6.03 Å². The Kier molecular flexibility index (Phi) is 5.65. The molecule has 0 aromatic heterocycles. The number of hydrogen-bond acceptors (Lipinski definition) is 2. The summed E-state index contributed by atoms with van der Waals surface area (Å²) in [6, 6.07) is 4.76. The number of nitrogens with one attached hydrogen (secondary N) is 4. The third kappa shape index (κ3) is 6.12. The number of halogens is 2. The fourth-order valence-electron chi connectivity index (χ4n) is 1.37. The van der Waals surface area contributed by atoms with E-state index in [4.69, 9.17) is 28.6 Å². The third-order valence-electron chi connectivity index (χ3n) is 2.18. The van der Waals surface area contributed by atoms with Crippen LogP contribution in [0.25, 0.3) is 0 Å². The van der Waals surface area contributed by atoms with Crippen LogP contribution in [0.1, 0.15) is 26.3 Å². The zero-order valence-corrected chi connectivity index (χ0v) is 13.1. The molecular weight excluding hydrogens is 299 g/mol. The second kappa shape index (κ2) is 6.81. The first-order valence-electron chi connectivity index (χ1n) is 6.03. The van der Waals surface area contributed by atoms with Crippen LogP contribution in [0.2, 0.25) is 10.0 Å². The Labute approximate surface area is 128 Å². The molecule has 0 saturated carbocycles. The van der Waals surface area contributed by atoms with Crippen molar-refractivity contribution < 1.29 is 4.79 Å². The number of hydrogen-bond donors (Lipinski definition) is 4. The van der Waals surface area contributed by atoms with Crippen molar-refractivity contribution in [2.24, 2.45) is 0 Å². The van der Waals surface area contributed by atoms with E-state index >= 15 is 0 Å². The quantitative estimate of drug-likeness (QED) is 0.500. The normalized spacial score (nSPS) is 10.8. The van der Waals surface area contributed by atoms with Crippen molar-refractivity contribution in [2.45, 2.75) is 32.9 Å². The van der Waals surface area contributed by atoms with Crippen molar-refractivity contribution in [1.82, 2.24) is 16.0 Å².